The molecule has 0 fully saturated rings. The molecule has 110 valence electrons. The van der Waals surface area contributed by atoms with Crippen molar-refractivity contribution in [1.82, 2.24) is 0 Å². The summed E-state index contributed by atoms with van der Waals surface area (Å²) < 4.78 is 0. The summed E-state index contributed by atoms with van der Waals surface area (Å²) in [5.74, 6) is -1.64. The molecule has 0 saturated carbocycles. The summed E-state index contributed by atoms with van der Waals surface area (Å²) in [6, 6.07) is 2.17. The Morgan fingerprint density at radius 3 is 2.71 bits per heavy atom. The van der Waals surface area contributed by atoms with Gasteiger partial charge in [-0.2, -0.15) is 5.26 Å². The molecule has 1 aromatic heterocycles. The standard InChI is InChI=1S/C15H16N2O3S/c1-9(15(19)20)7-13(18)17-14-11(8-16)10-5-3-2-4-6-12(10)21-14/h7H,2-6H2,1H3,(H,17,18)(H,19,20)/b9-7+. The topological polar surface area (TPSA) is 90.2 Å². The number of carboxylic acids is 1. The van der Waals surface area contributed by atoms with Crippen molar-refractivity contribution >= 4 is 28.2 Å². The third-order valence-corrected chi connectivity index (χ3v) is 4.66. The molecule has 21 heavy (non-hydrogen) atoms. The zero-order valence-corrected chi connectivity index (χ0v) is 12.5. The molecule has 2 N–H and O–H groups in total. The third kappa shape index (κ3) is 3.50. The highest BCUT2D eigenvalue weighted by atomic mass is 32.1. The lowest BCUT2D eigenvalue weighted by atomic mass is 10.1. The maximum absolute atomic E-state index is 11.8. The molecule has 1 amide bonds. The molecule has 0 bridgehead atoms. The van der Waals surface area contributed by atoms with E-state index in [0.29, 0.717) is 10.6 Å². The Morgan fingerprint density at radius 1 is 1.33 bits per heavy atom. The number of amides is 1. The lowest BCUT2D eigenvalue weighted by Gasteiger charge is -2.01. The molecule has 1 heterocycles. The minimum atomic E-state index is -1.13. The third-order valence-electron chi connectivity index (χ3n) is 3.45. The number of aliphatic carboxylic acids is 1. The van der Waals surface area contributed by atoms with E-state index in [4.69, 9.17) is 5.11 Å². The first-order valence-corrected chi connectivity index (χ1v) is 7.61. The number of carbonyl (C=O) groups is 2. The van der Waals surface area contributed by atoms with Crippen molar-refractivity contribution in [2.45, 2.75) is 39.0 Å². The number of rotatable bonds is 3. The Hall–Kier alpha value is -2.13. The molecular formula is C15H16N2O3S. The summed E-state index contributed by atoms with van der Waals surface area (Å²) in [7, 11) is 0. The quantitative estimate of drug-likeness (QED) is 0.663. The van der Waals surface area contributed by atoms with Crippen LogP contribution < -0.4 is 5.32 Å². The monoisotopic (exact) mass is 304 g/mol. The van der Waals surface area contributed by atoms with E-state index in [1.807, 2.05) is 0 Å². The summed E-state index contributed by atoms with van der Waals surface area (Å²) in [5, 5.41) is 21.3. The van der Waals surface area contributed by atoms with Crippen molar-refractivity contribution in [1.29, 1.82) is 5.26 Å². The predicted molar refractivity (Wildman–Crippen MR) is 80.3 cm³/mol. The number of hydrogen-bond acceptors (Lipinski definition) is 4. The molecule has 0 aromatic carbocycles. The average molecular weight is 304 g/mol. The van der Waals surface area contributed by atoms with Crippen LogP contribution in [-0.2, 0) is 22.4 Å². The number of thiophene rings is 1. The largest absolute Gasteiger partial charge is 0.478 e. The summed E-state index contributed by atoms with van der Waals surface area (Å²) in [4.78, 5) is 23.7. The predicted octanol–water partition coefficient (Wildman–Crippen LogP) is 2.86. The Labute approximate surface area is 126 Å². The highest BCUT2D eigenvalue weighted by Crippen LogP contribution is 2.36. The maximum Gasteiger partial charge on any atom is 0.331 e. The normalized spacial score (nSPS) is 14.8. The molecule has 0 aliphatic heterocycles. The van der Waals surface area contributed by atoms with E-state index < -0.39 is 11.9 Å². The molecule has 6 heteroatoms. The van der Waals surface area contributed by atoms with E-state index in [0.717, 1.165) is 43.7 Å². The Kier molecular flexibility index (Phi) is 4.76. The van der Waals surface area contributed by atoms with Gasteiger partial charge < -0.3 is 10.4 Å². The second-order valence-corrected chi connectivity index (χ2v) is 6.11. The van der Waals surface area contributed by atoms with Crippen LogP contribution in [0.5, 0.6) is 0 Å². The van der Waals surface area contributed by atoms with Crippen LogP contribution in [0.1, 0.15) is 42.2 Å². The number of aryl methyl sites for hydroxylation is 1. The molecule has 0 atom stereocenters. The Balaban J connectivity index is 2.25. The van der Waals surface area contributed by atoms with Crippen LogP contribution in [0.2, 0.25) is 0 Å². The first-order chi connectivity index (χ1) is 10.0. The van der Waals surface area contributed by atoms with Gasteiger partial charge in [-0.05, 0) is 38.2 Å². The van der Waals surface area contributed by atoms with E-state index >= 15 is 0 Å². The van der Waals surface area contributed by atoms with Crippen molar-refractivity contribution in [3.8, 4) is 6.07 Å². The molecule has 1 aliphatic carbocycles. The maximum atomic E-state index is 11.8. The number of nitriles is 1. The lowest BCUT2D eigenvalue weighted by molar-refractivity contribution is -0.132. The fourth-order valence-corrected chi connectivity index (χ4v) is 3.60. The molecular weight excluding hydrogens is 288 g/mol. The van der Waals surface area contributed by atoms with Crippen LogP contribution >= 0.6 is 11.3 Å². The number of nitrogens with one attached hydrogen (secondary N) is 1. The summed E-state index contributed by atoms with van der Waals surface area (Å²) in [5.41, 5.74) is 1.55. The smallest absolute Gasteiger partial charge is 0.331 e. The number of nitrogens with zero attached hydrogens (tertiary/aromatic N) is 1. The van der Waals surface area contributed by atoms with E-state index in [9.17, 15) is 14.9 Å². The van der Waals surface area contributed by atoms with Gasteiger partial charge in [0.15, 0.2) is 0 Å². The fourth-order valence-electron chi connectivity index (χ4n) is 2.36. The van der Waals surface area contributed by atoms with Crippen molar-refractivity contribution < 1.29 is 14.7 Å². The number of fused-ring (bicyclic) bond motifs is 1. The van der Waals surface area contributed by atoms with Crippen LogP contribution in [0, 0.1) is 11.3 Å². The highest BCUT2D eigenvalue weighted by molar-refractivity contribution is 7.16. The number of carbonyl (C=O) groups excluding carboxylic acids is 1. The van der Waals surface area contributed by atoms with Gasteiger partial charge in [0.2, 0.25) is 5.91 Å². The number of hydrogen-bond donors (Lipinski definition) is 2. The molecule has 2 rings (SSSR count). The molecule has 0 radical (unpaired) electrons. The van der Waals surface area contributed by atoms with Gasteiger partial charge >= 0.3 is 5.97 Å². The SMILES string of the molecule is C/C(=C\C(=O)Nc1sc2c(c1C#N)CCCCC2)C(=O)O. The second-order valence-electron chi connectivity index (χ2n) is 5.00. The molecule has 0 unspecified atom stereocenters. The van der Waals surface area contributed by atoms with Crippen LogP contribution in [0.15, 0.2) is 11.6 Å². The van der Waals surface area contributed by atoms with Gasteiger partial charge in [0.05, 0.1) is 5.56 Å². The summed E-state index contributed by atoms with van der Waals surface area (Å²) in [6.07, 6.45) is 6.17. The molecule has 5 nitrogen and oxygen atoms in total. The van der Waals surface area contributed by atoms with Crippen LogP contribution in [0.25, 0.3) is 0 Å². The number of anilines is 1. The van der Waals surface area contributed by atoms with E-state index in [1.165, 1.54) is 23.1 Å². The van der Waals surface area contributed by atoms with Gasteiger partial charge in [0.1, 0.15) is 11.1 Å². The molecule has 0 saturated heterocycles. The zero-order valence-electron chi connectivity index (χ0n) is 11.7. The van der Waals surface area contributed by atoms with Crippen LogP contribution in [0.4, 0.5) is 5.00 Å². The summed E-state index contributed by atoms with van der Waals surface area (Å²) >= 11 is 1.43. The summed E-state index contributed by atoms with van der Waals surface area (Å²) in [6.45, 7) is 1.36. The van der Waals surface area contributed by atoms with Gasteiger partial charge in [-0.25, -0.2) is 4.79 Å². The van der Waals surface area contributed by atoms with E-state index in [2.05, 4.69) is 11.4 Å². The second kappa shape index (κ2) is 6.55. The van der Waals surface area contributed by atoms with Crippen molar-refractivity contribution in [2.75, 3.05) is 5.32 Å². The van der Waals surface area contributed by atoms with E-state index in [-0.39, 0.29) is 5.57 Å². The van der Waals surface area contributed by atoms with Crippen molar-refractivity contribution in [2.24, 2.45) is 0 Å². The van der Waals surface area contributed by atoms with Crippen molar-refractivity contribution in [3.63, 3.8) is 0 Å². The fraction of sp³-hybridized carbons (Fsp3) is 0.400. The Bertz CT molecular complexity index is 653. The average Bonchev–Trinajstić information content (AvgIpc) is 2.59. The first-order valence-electron chi connectivity index (χ1n) is 6.80. The highest BCUT2D eigenvalue weighted by Gasteiger charge is 2.20. The molecule has 0 spiro atoms. The van der Waals surface area contributed by atoms with Crippen LogP contribution in [0.3, 0.4) is 0 Å². The van der Waals surface area contributed by atoms with Gasteiger partial charge in [-0.15, -0.1) is 11.3 Å². The van der Waals surface area contributed by atoms with Gasteiger partial charge in [0.25, 0.3) is 0 Å². The first kappa shape index (κ1) is 15.3. The van der Waals surface area contributed by atoms with Gasteiger partial charge in [0, 0.05) is 16.5 Å². The van der Waals surface area contributed by atoms with E-state index in [1.54, 1.807) is 0 Å². The lowest BCUT2D eigenvalue weighted by Crippen LogP contribution is -2.10. The van der Waals surface area contributed by atoms with Crippen molar-refractivity contribution in [3.05, 3.63) is 27.7 Å². The zero-order chi connectivity index (χ0) is 15.4. The molecule has 1 aliphatic rings. The minimum Gasteiger partial charge on any atom is -0.478 e. The minimum absolute atomic E-state index is 0.0378. The van der Waals surface area contributed by atoms with Crippen LogP contribution in [-0.4, -0.2) is 17.0 Å². The Morgan fingerprint density at radius 2 is 2.05 bits per heavy atom. The molecule has 1 aromatic rings. The van der Waals surface area contributed by atoms with Gasteiger partial charge in [-0.3, -0.25) is 4.79 Å². The van der Waals surface area contributed by atoms with Gasteiger partial charge in [-0.1, -0.05) is 6.42 Å². The number of carboxylic acid groups (broad SMARTS) is 1.